The van der Waals surface area contributed by atoms with Gasteiger partial charge in [0.25, 0.3) is 0 Å². The predicted octanol–water partition coefficient (Wildman–Crippen LogP) is 4.04. The maximum atomic E-state index is 13.1. The number of carbonyl (C=O) groups excluding carboxylic acids is 1. The average molecular weight is 300 g/mol. The highest BCUT2D eigenvalue weighted by Gasteiger charge is 2.08. The molecule has 0 aliphatic heterocycles. The maximum Gasteiger partial charge on any atom is 0.184 e. The number of aromatic nitrogens is 1. The van der Waals surface area contributed by atoms with Crippen molar-refractivity contribution >= 4 is 32.5 Å². The largest absolute Gasteiger partial charge is 0.354 e. The van der Waals surface area contributed by atoms with Gasteiger partial charge in [-0.2, -0.15) is 0 Å². The Hall–Kier alpha value is -2.27. The summed E-state index contributed by atoms with van der Waals surface area (Å²) >= 11 is 1.34. The molecule has 1 heterocycles. The Morgan fingerprint density at radius 3 is 2.76 bits per heavy atom. The first-order chi connectivity index (χ1) is 10.1. The van der Waals surface area contributed by atoms with Gasteiger partial charge < -0.3 is 5.32 Å². The van der Waals surface area contributed by atoms with Crippen LogP contribution < -0.4 is 5.32 Å². The Labute approximate surface area is 125 Å². The van der Waals surface area contributed by atoms with Crippen LogP contribution in [0.25, 0.3) is 10.2 Å². The number of thiazole rings is 1. The van der Waals surface area contributed by atoms with E-state index in [9.17, 15) is 9.18 Å². The van der Waals surface area contributed by atoms with Crippen molar-refractivity contribution in [2.45, 2.75) is 6.92 Å². The van der Waals surface area contributed by atoms with Crippen LogP contribution in [0.4, 0.5) is 9.52 Å². The van der Waals surface area contributed by atoms with Crippen molar-refractivity contribution < 1.29 is 9.18 Å². The van der Waals surface area contributed by atoms with Gasteiger partial charge in [0, 0.05) is 5.56 Å². The van der Waals surface area contributed by atoms with E-state index >= 15 is 0 Å². The lowest BCUT2D eigenvalue weighted by Gasteiger charge is -2.02. The van der Waals surface area contributed by atoms with Crippen LogP contribution in [-0.2, 0) is 0 Å². The number of Topliss-reactive ketones (excluding diaryl/α,β-unsaturated/α-hetero) is 1. The summed E-state index contributed by atoms with van der Waals surface area (Å²) in [6.07, 6.45) is 0. The molecule has 0 atom stereocenters. The molecule has 0 aliphatic rings. The summed E-state index contributed by atoms with van der Waals surface area (Å²) in [4.78, 5) is 16.4. The minimum Gasteiger partial charge on any atom is -0.354 e. The van der Waals surface area contributed by atoms with E-state index in [-0.39, 0.29) is 18.1 Å². The minimum atomic E-state index is -0.284. The van der Waals surface area contributed by atoms with Gasteiger partial charge >= 0.3 is 0 Å². The summed E-state index contributed by atoms with van der Waals surface area (Å²) in [5.74, 6) is -0.283. The fourth-order valence-corrected chi connectivity index (χ4v) is 2.86. The highest BCUT2D eigenvalue weighted by Crippen LogP contribution is 2.26. The van der Waals surface area contributed by atoms with E-state index in [1.807, 2.05) is 31.2 Å². The van der Waals surface area contributed by atoms with Crippen molar-refractivity contribution in [1.82, 2.24) is 4.98 Å². The lowest BCUT2D eigenvalue weighted by Crippen LogP contribution is -2.13. The first-order valence-corrected chi connectivity index (χ1v) is 7.33. The molecular formula is C16H13FN2OS. The standard InChI is InChI=1S/C16H13FN2OS/c1-10-2-4-11(5-3-10)14(20)9-18-16-19-13-7-6-12(17)8-15(13)21-16/h2-8H,9H2,1H3,(H,18,19). The zero-order valence-electron chi connectivity index (χ0n) is 11.4. The molecule has 2 aromatic carbocycles. The Kier molecular flexibility index (Phi) is 3.66. The molecule has 106 valence electrons. The molecule has 0 unspecified atom stereocenters. The normalized spacial score (nSPS) is 10.8. The molecule has 0 bridgehead atoms. The van der Waals surface area contributed by atoms with Crippen molar-refractivity contribution in [3.05, 3.63) is 59.4 Å². The molecule has 21 heavy (non-hydrogen) atoms. The second-order valence-electron chi connectivity index (χ2n) is 4.77. The minimum absolute atomic E-state index is 0.000404. The molecule has 0 fully saturated rings. The zero-order valence-corrected chi connectivity index (χ0v) is 12.2. The number of aryl methyl sites for hydroxylation is 1. The summed E-state index contributed by atoms with van der Waals surface area (Å²) < 4.78 is 13.9. The van der Waals surface area contributed by atoms with Gasteiger partial charge in [-0.1, -0.05) is 41.2 Å². The first-order valence-electron chi connectivity index (χ1n) is 6.52. The number of hydrogen-bond donors (Lipinski definition) is 1. The van der Waals surface area contributed by atoms with Crippen LogP contribution >= 0.6 is 11.3 Å². The fourth-order valence-electron chi connectivity index (χ4n) is 1.97. The van der Waals surface area contributed by atoms with Crippen LogP contribution in [0.15, 0.2) is 42.5 Å². The highest BCUT2D eigenvalue weighted by atomic mass is 32.1. The van der Waals surface area contributed by atoms with E-state index in [1.54, 1.807) is 6.07 Å². The van der Waals surface area contributed by atoms with Crippen LogP contribution in [0.1, 0.15) is 15.9 Å². The molecule has 0 saturated carbocycles. The summed E-state index contributed by atoms with van der Waals surface area (Å²) in [5.41, 5.74) is 2.51. The third-order valence-electron chi connectivity index (χ3n) is 3.12. The molecule has 0 aliphatic carbocycles. The van der Waals surface area contributed by atoms with Crippen molar-refractivity contribution in [2.75, 3.05) is 11.9 Å². The number of anilines is 1. The summed E-state index contributed by atoms with van der Waals surface area (Å²) in [7, 11) is 0. The first kappa shape index (κ1) is 13.7. The molecule has 1 N–H and O–H groups in total. The quantitative estimate of drug-likeness (QED) is 0.739. The number of nitrogens with one attached hydrogen (secondary N) is 1. The third-order valence-corrected chi connectivity index (χ3v) is 4.10. The van der Waals surface area contributed by atoms with E-state index in [4.69, 9.17) is 0 Å². The summed E-state index contributed by atoms with van der Waals surface area (Å²) in [6, 6.07) is 11.9. The van der Waals surface area contributed by atoms with Crippen LogP contribution in [0.3, 0.4) is 0 Å². The van der Waals surface area contributed by atoms with Crippen LogP contribution in [-0.4, -0.2) is 17.3 Å². The van der Waals surface area contributed by atoms with Gasteiger partial charge in [-0.25, -0.2) is 9.37 Å². The molecule has 1 aromatic heterocycles. The number of rotatable bonds is 4. The SMILES string of the molecule is Cc1ccc(C(=O)CNc2nc3ccc(F)cc3s2)cc1. The lowest BCUT2D eigenvalue weighted by atomic mass is 10.1. The van der Waals surface area contributed by atoms with Crippen molar-refractivity contribution in [3.63, 3.8) is 0 Å². The van der Waals surface area contributed by atoms with Gasteiger partial charge in [0.2, 0.25) is 0 Å². The van der Waals surface area contributed by atoms with E-state index in [2.05, 4.69) is 10.3 Å². The average Bonchev–Trinajstić information content (AvgIpc) is 2.87. The van der Waals surface area contributed by atoms with Crippen molar-refractivity contribution in [1.29, 1.82) is 0 Å². The van der Waals surface area contributed by atoms with Crippen molar-refractivity contribution in [2.24, 2.45) is 0 Å². The number of ketones is 1. The Bertz CT molecular complexity index is 796. The van der Waals surface area contributed by atoms with Crippen LogP contribution in [0.5, 0.6) is 0 Å². The van der Waals surface area contributed by atoms with E-state index in [0.717, 1.165) is 15.8 Å². The number of nitrogens with zero attached hydrogens (tertiary/aromatic N) is 1. The van der Waals surface area contributed by atoms with E-state index in [1.165, 1.54) is 23.5 Å². The van der Waals surface area contributed by atoms with Gasteiger partial charge in [0.05, 0.1) is 16.8 Å². The molecule has 0 saturated heterocycles. The Balaban J connectivity index is 1.71. The number of benzene rings is 2. The Morgan fingerprint density at radius 1 is 1.24 bits per heavy atom. The maximum absolute atomic E-state index is 13.1. The molecule has 0 radical (unpaired) electrons. The second kappa shape index (κ2) is 5.61. The molecule has 0 spiro atoms. The molecule has 3 nitrogen and oxygen atoms in total. The monoisotopic (exact) mass is 300 g/mol. The van der Waals surface area contributed by atoms with Gasteiger partial charge in [0.1, 0.15) is 5.82 Å². The molecular weight excluding hydrogens is 287 g/mol. The number of fused-ring (bicyclic) bond motifs is 1. The molecule has 5 heteroatoms. The highest BCUT2D eigenvalue weighted by molar-refractivity contribution is 7.22. The van der Waals surface area contributed by atoms with Gasteiger partial charge in [-0.05, 0) is 25.1 Å². The van der Waals surface area contributed by atoms with E-state index in [0.29, 0.717) is 10.7 Å². The smallest absolute Gasteiger partial charge is 0.184 e. The fraction of sp³-hybridized carbons (Fsp3) is 0.125. The third kappa shape index (κ3) is 3.08. The van der Waals surface area contributed by atoms with Crippen molar-refractivity contribution in [3.8, 4) is 0 Å². The summed E-state index contributed by atoms with van der Waals surface area (Å²) in [5, 5.41) is 3.62. The number of hydrogen-bond acceptors (Lipinski definition) is 4. The predicted molar refractivity (Wildman–Crippen MR) is 83.6 cm³/mol. The Morgan fingerprint density at radius 2 is 2.00 bits per heavy atom. The van der Waals surface area contributed by atoms with Gasteiger partial charge in [-0.15, -0.1) is 0 Å². The van der Waals surface area contributed by atoms with Crippen LogP contribution in [0, 0.1) is 12.7 Å². The summed E-state index contributed by atoms with van der Waals surface area (Å²) in [6.45, 7) is 2.15. The van der Waals surface area contributed by atoms with Gasteiger partial charge in [-0.3, -0.25) is 4.79 Å². The number of carbonyl (C=O) groups is 1. The van der Waals surface area contributed by atoms with Gasteiger partial charge in [0.15, 0.2) is 10.9 Å². The lowest BCUT2D eigenvalue weighted by molar-refractivity contribution is 0.101. The molecule has 3 rings (SSSR count). The molecule has 0 amide bonds. The number of halogens is 1. The molecule has 3 aromatic rings. The second-order valence-corrected chi connectivity index (χ2v) is 5.80. The zero-order chi connectivity index (χ0) is 14.8. The topological polar surface area (TPSA) is 42.0 Å². The van der Waals surface area contributed by atoms with Crippen LogP contribution in [0.2, 0.25) is 0 Å². The van der Waals surface area contributed by atoms with E-state index < -0.39 is 0 Å².